The first kappa shape index (κ1) is 11.7. The maximum absolute atomic E-state index is 10.3. The lowest BCUT2D eigenvalue weighted by atomic mass is 9.98. The highest BCUT2D eigenvalue weighted by molar-refractivity contribution is 5.85. The fourth-order valence-corrected chi connectivity index (χ4v) is 2.39. The number of hydrogen-bond acceptors (Lipinski definition) is 3. The zero-order valence-corrected chi connectivity index (χ0v) is 10.1. The standard InChI is InChI=1S/C15H16O3/c16-14(10-15-17-8-9-18-15)13-7-3-5-11-4-1-2-6-12(11)13/h1-7,14-16H,8-10H2. The van der Waals surface area contributed by atoms with Crippen LogP contribution in [0.1, 0.15) is 18.1 Å². The lowest BCUT2D eigenvalue weighted by Gasteiger charge is -2.16. The van der Waals surface area contributed by atoms with E-state index in [1.807, 2.05) is 42.5 Å². The van der Waals surface area contributed by atoms with E-state index in [0.29, 0.717) is 19.6 Å². The lowest BCUT2D eigenvalue weighted by Crippen LogP contribution is -2.13. The van der Waals surface area contributed by atoms with Crippen LogP contribution < -0.4 is 0 Å². The van der Waals surface area contributed by atoms with Crippen molar-refractivity contribution in [1.29, 1.82) is 0 Å². The van der Waals surface area contributed by atoms with Gasteiger partial charge in [-0.15, -0.1) is 0 Å². The van der Waals surface area contributed by atoms with Crippen molar-refractivity contribution in [3.05, 3.63) is 48.0 Å². The highest BCUT2D eigenvalue weighted by atomic mass is 16.7. The van der Waals surface area contributed by atoms with Crippen LogP contribution in [0.15, 0.2) is 42.5 Å². The van der Waals surface area contributed by atoms with E-state index in [-0.39, 0.29) is 6.29 Å². The van der Waals surface area contributed by atoms with Crippen molar-refractivity contribution in [2.45, 2.75) is 18.8 Å². The molecule has 1 saturated heterocycles. The normalized spacial score (nSPS) is 18.3. The molecule has 1 N–H and O–H groups in total. The number of hydrogen-bond donors (Lipinski definition) is 1. The minimum absolute atomic E-state index is 0.279. The van der Waals surface area contributed by atoms with E-state index >= 15 is 0 Å². The van der Waals surface area contributed by atoms with Gasteiger partial charge in [-0.1, -0.05) is 42.5 Å². The summed E-state index contributed by atoms with van der Waals surface area (Å²) in [5, 5.41) is 12.5. The summed E-state index contributed by atoms with van der Waals surface area (Å²) < 4.78 is 10.7. The number of rotatable bonds is 3. The maximum Gasteiger partial charge on any atom is 0.160 e. The largest absolute Gasteiger partial charge is 0.388 e. The zero-order chi connectivity index (χ0) is 12.4. The predicted molar refractivity (Wildman–Crippen MR) is 69.2 cm³/mol. The van der Waals surface area contributed by atoms with Crippen LogP contribution in [-0.4, -0.2) is 24.6 Å². The third kappa shape index (κ3) is 2.25. The van der Waals surface area contributed by atoms with E-state index < -0.39 is 6.10 Å². The minimum atomic E-state index is -0.556. The molecule has 1 atom stereocenters. The van der Waals surface area contributed by atoms with Crippen molar-refractivity contribution < 1.29 is 14.6 Å². The summed E-state index contributed by atoms with van der Waals surface area (Å²) in [4.78, 5) is 0. The lowest BCUT2D eigenvalue weighted by molar-refractivity contribution is -0.0705. The molecule has 1 fully saturated rings. The van der Waals surface area contributed by atoms with Gasteiger partial charge in [0.25, 0.3) is 0 Å². The fourth-order valence-electron chi connectivity index (χ4n) is 2.39. The van der Waals surface area contributed by atoms with Crippen molar-refractivity contribution in [2.24, 2.45) is 0 Å². The van der Waals surface area contributed by atoms with Gasteiger partial charge in [-0.25, -0.2) is 0 Å². The molecule has 0 aromatic heterocycles. The van der Waals surface area contributed by atoms with E-state index in [2.05, 4.69) is 0 Å². The van der Waals surface area contributed by atoms with Gasteiger partial charge in [0.2, 0.25) is 0 Å². The monoisotopic (exact) mass is 244 g/mol. The van der Waals surface area contributed by atoms with Gasteiger partial charge in [0.05, 0.1) is 19.3 Å². The number of aliphatic hydroxyl groups is 1. The molecule has 1 heterocycles. The molecule has 3 nitrogen and oxygen atoms in total. The molecule has 0 spiro atoms. The van der Waals surface area contributed by atoms with Crippen LogP contribution in [0.5, 0.6) is 0 Å². The second-order valence-electron chi connectivity index (χ2n) is 4.49. The quantitative estimate of drug-likeness (QED) is 0.902. The highest BCUT2D eigenvalue weighted by Gasteiger charge is 2.21. The smallest absolute Gasteiger partial charge is 0.160 e. The van der Waals surface area contributed by atoms with Crippen LogP contribution in [0.3, 0.4) is 0 Å². The molecule has 94 valence electrons. The third-order valence-corrected chi connectivity index (χ3v) is 3.29. The summed E-state index contributed by atoms with van der Waals surface area (Å²) in [7, 11) is 0. The Morgan fingerprint density at radius 2 is 1.78 bits per heavy atom. The van der Waals surface area contributed by atoms with Gasteiger partial charge in [-0.05, 0) is 16.3 Å². The van der Waals surface area contributed by atoms with Gasteiger partial charge in [-0.3, -0.25) is 0 Å². The molecule has 0 saturated carbocycles. The Labute approximate surface area is 106 Å². The summed E-state index contributed by atoms with van der Waals surface area (Å²) >= 11 is 0. The molecular weight excluding hydrogens is 228 g/mol. The second kappa shape index (κ2) is 5.06. The third-order valence-electron chi connectivity index (χ3n) is 3.29. The van der Waals surface area contributed by atoms with E-state index in [1.165, 1.54) is 0 Å². The Hall–Kier alpha value is -1.42. The van der Waals surface area contributed by atoms with Crippen molar-refractivity contribution in [3.63, 3.8) is 0 Å². The summed E-state index contributed by atoms with van der Waals surface area (Å²) in [6.45, 7) is 1.24. The van der Waals surface area contributed by atoms with Gasteiger partial charge >= 0.3 is 0 Å². The Morgan fingerprint density at radius 1 is 1.06 bits per heavy atom. The Balaban J connectivity index is 1.88. The Morgan fingerprint density at radius 3 is 2.61 bits per heavy atom. The highest BCUT2D eigenvalue weighted by Crippen LogP contribution is 2.28. The van der Waals surface area contributed by atoms with E-state index in [0.717, 1.165) is 16.3 Å². The molecule has 1 aliphatic heterocycles. The average Bonchev–Trinajstić information content (AvgIpc) is 2.91. The number of fused-ring (bicyclic) bond motifs is 1. The van der Waals surface area contributed by atoms with Crippen LogP contribution in [0.25, 0.3) is 10.8 Å². The predicted octanol–water partition coefficient (Wildman–Crippen LogP) is 2.64. The van der Waals surface area contributed by atoms with Gasteiger partial charge < -0.3 is 14.6 Å². The summed E-state index contributed by atoms with van der Waals surface area (Å²) in [5.41, 5.74) is 0.937. The summed E-state index contributed by atoms with van der Waals surface area (Å²) in [5.74, 6) is 0. The van der Waals surface area contributed by atoms with Crippen molar-refractivity contribution in [3.8, 4) is 0 Å². The Bertz CT molecular complexity index is 527. The molecule has 0 amide bonds. The SMILES string of the molecule is OC(CC1OCCO1)c1cccc2ccccc12. The van der Waals surface area contributed by atoms with E-state index in [1.54, 1.807) is 0 Å². The number of aliphatic hydroxyl groups excluding tert-OH is 1. The molecule has 0 aliphatic carbocycles. The number of ether oxygens (including phenoxy) is 2. The van der Waals surface area contributed by atoms with Crippen LogP contribution in [0, 0.1) is 0 Å². The maximum atomic E-state index is 10.3. The first-order valence-electron chi connectivity index (χ1n) is 6.23. The van der Waals surface area contributed by atoms with Crippen molar-refractivity contribution in [1.82, 2.24) is 0 Å². The van der Waals surface area contributed by atoms with Crippen LogP contribution in [0.2, 0.25) is 0 Å². The molecule has 3 heteroatoms. The number of benzene rings is 2. The molecule has 1 aliphatic rings. The molecule has 1 unspecified atom stereocenters. The summed E-state index contributed by atoms with van der Waals surface area (Å²) in [6.07, 6.45) is -0.355. The zero-order valence-electron chi connectivity index (χ0n) is 10.1. The van der Waals surface area contributed by atoms with Crippen molar-refractivity contribution >= 4 is 10.8 Å². The van der Waals surface area contributed by atoms with E-state index in [9.17, 15) is 5.11 Å². The fraction of sp³-hybridized carbons (Fsp3) is 0.333. The second-order valence-corrected chi connectivity index (χ2v) is 4.49. The molecular formula is C15H16O3. The first-order chi connectivity index (χ1) is 8.84. The van der Waals surface area contributed by atoms with Crippen LogP contribution in [0.4, 0.5) is 0 Å². The topological polar surface area (TPSA) is 38.7 Å². The molecule has 18 heavy (non-hydrogen) atoms. The Kier molecular flexibility index (Phi) is 3.28. The summed E-state index contributed by atoms with van der Waals surface area (Å²) in [6, 6.07) is 14.1. The van der Waals surface area contributed by atoms with Gasteiger partial charge in [-0.2, -0.15) is 0 Å². The molecule has 0 bridgehead atoms. The molecule has 3 rings (SSSR count). The molecule has 2 aromatic carbocycles. The first-order valence-corrected chi connectivity index (χ1v) is 6.23. The van der Waals surface area contributed by atoms with Gasteiger partial charge in [0.15, 0.2) is 6.29 Å². The van der Waals surface area contributed by atoms with Gasteiger partial charge in [0, 0.05) is 6.42 Å². The molecule has 2 aromatic rings. The average molecular weight is 244 g/mol. The van der Waals surface area contributed by atoms with Crippen LogP contribution in [-0.2, 0) is 9.47 Å². The van der Waals surface area contributed by atoms with Crippen LogP contribution >= 0.6 is 0 Å². The van der Waals surface area contributed by atoms with E-state index in [4.69, 9.17) is 9.47 Å². The van der Waals surface area contributed by atoms with Gasteiger partial charge in [0.1, 0.15) is 0 Å². The van der Waals surface area contributed by atoms with Crippen molar-refractivity contribution in [2.75, 3.05) is 13.2 Å². The molecule has 0 radical (unpaired) electrons. The minimum Gasteiger partial charge on any atom is -0.388 e.